The van der Waals surface area contributed by atoms with Gasteiger partial charge in [-0.1, -0.05) is 46.1 Å². The average molecular weight is 335 g/mol. The van der Waals surface area contributed by atoms with Crippen molar-refractivity contribution in [3.05, 3.63) is 12.2 Å². The maximum Gasteiger partial charge on any atom is 0.333 e. The Kier molecular flexibility index (Phi) is 7.84. The first-order valence-electron chi connectivity index (χ1n) is 10.4. The summed E-state index contributed by atoms with van der Waals surface area (Å²) in [7, 11) is 0. The van der Waals surface area contributed by atoms with Gasteiger partial charge < -0.3 is 4.74 Å². The Labute approximate surface area is 149 Å². The predicted molar refractivity (Wildman–Crippen MR) is 101 cm³/mol. The predicted octanol–water partition coefficient (Wildman–Crippen LogP) is 6.30. The van der Waals surface area contributed by atoms with Gasteiger partial charge in [0, 0.05) is 5.57 Å². The molecule has 0 heterocycles. The summed E-state index contributed by atoms with van der Waals surface area (Å²) in [5.74, 6) is 3.26. The first kappa shape index (κ1) is 19.5. The summed E-state index contributed by atoms with van der Waals surface area (Å²) < 4.78 is 5.68. The van der Waals surface area contributed by atoms with Crippen molar-refractivity contribution < 1.29 is 9.53 Å². The molecule has 0 radical (unpaired) electrons. The Morgan fingerprint density at radius 2 is 1.54 bits per heavy atom. The van der Waals surface area contributed by atoms with E-state index in [1.165, 1.54) is 64.2 Å². The summed E-state index contributed by atoms with van der Waals surface area (Å²) >= 11 is 0. The van der Waals surface area contributed by atoms with Crippen molar-refractivity contribution in [3.63, 3.8) is 0 Å². The summed E-state index contributed by atoms with van der Waals surface area (Å²) in [4.78, 5) is 11.8. The largest absolute Gasteiger partial charge is 0.459 e. The topological polar surface area (TPSA) is 26.3 Å². The Morgan fingerprint density at radius 3 is 2.00 bits per heavy atom. The van der Waals surface area contributed by atoms with Crippen LogP contribution in [0.1, 0.15) is 91.4 Å². The lowest BCUT2D eigenvalue weighted by Gasteiger charge is -2.39. The number of hydrogen-bond acceptors (Lipinski definition) is 2. The molecule has 0 aliphatic heterocycles. The second-order valence-corrected chi connectivity index (χ2v) is 8.38. The molecule has 0 aromatic carbocycles. The number of hydrogen-bond donors (Lipinski definition) is 0. The van der Waals surface area contributed by atoms with E-state index in [0.29, 0.717) is 11.5 Å². The molecule has 2 nitrogen and oxygen atoms in total. The van der Waals surface area contributed by atoms with Gasteiger partial charge in [0.05, 0.1) is 0 Å². The van der Waals surface area contributed by atoms with Gasteiger partial charge in [-0.2, -0.15) is 0 Å². The molecule has 0 spiro atoms. The molecule has 2 aliphatic carbocycles. The van der Waals surface area contributed by atoms with Crippen LogP contribution in [0.5, 0.6) is 0 Å². The zero-order valence-corrected chi connectivity index (χ0v) is 16.2. The second kappa shape index (κ2) is 9.63. The summed E-state index contributed by atoms with van der Waals surface area (Å²) in [6.45, 7) is 9.90. The second-order valence-electron chi connectivity index (χ2n) is 8.38. The van der Waals surface area contributed by atoms with E-state index >= 15 is 0 Å². The van der Waals surface area contributed by atoms with E-state index in [9.17, 15) is 4.79 Å². The molecule has 0 N–H and O–H groups in total. The Bertz CT molecular complexity index is 398. The van der Waals surface area contributed by atoms with Crippen LogP contribution in [0.3, 0.4) is 0 Å². The normalized spacial score (nSPS) is 32.1. The summed E-state index contributed by atoms with van der Waals surface area (Å²) in [5.41, 5.74) is 0.519. The highest BCUT2D eigenvalue weighted by Crippen LogP contribution is 2.43. The van der Waals surface area contributed by atoms with Crippen LogP contribution in [0.25, 0.3) is 0 Å². The third-order valence-corrected chi connectivity index (χ3v) is 6.61. The van der Waals surface area contributed by atoms with Gasteiger partial charge in [-0.05, 0) is 75.5 Å². The van der Waals surface area contributed by atoms with Gasteiger partial charge in [-0.3, -0.25) is 0 Å². The van der Waals surface area contributed by atoms with E-state index in [1.54, 1.807) is 6.92 Å². The van der Waals surface area contributed by atoms with Crippen LogP contribution in [-0.2, 0) is 9.53 Å². The molecular formula is C22H38O2. The van der Waals surface area contributed by atoms with Crippen molar-refractivity contribution in [1.29, 1.82) is 0 Å². The van der Waals surface area contributed by atoms with Crippen molar-refractivity contribution in [2.24, 2.45) is 23.7 Å². The van der Waals surface area contributed by atoms with Crippen LogP contribution < -0.4 is 0 Å². The van der Waals surface area contributed by atoms with Crippen molar-refractivity contribution in [2.75, 3.05) is 0 Å². The number of carbonyl (C=O) groups is 1. The van der Waals surface area contributed by atoms with Gasteiger partial charge >= 0.3 is 5.97 Å². The Morgan fingerprint density at radius 1 is 1.00 bits per heavy atom. The lowest BCUT2D eigenvalue weighted by atomic mass is 9.68. The minimum absolute atomic E-state index is 0.0930. The number of rotatable bonds is 7. The monoisotopic (exact) mass is 334 g/mol. The zero-order valence-electron chi connectivity index (χ0n) is 16.2. The molecule has 1 atom stereocenters. The molecule has 2 saturated carbocycles. The first-order valence-corrected chi connectivity index (χ1v) is 10.4. The minimum Gasteiger partial charge on any atom is -0.459 e. The van der Waals surface area contributed by atoms with E-state index in [0.717, 1.165) is 24.2 Å². The van der Waals surface area contributed by atoms with Crippen LogP contribution in [0.4, 0.5) is 0 Å². The van der Waals surface area contributed by atoms with Gasteiger partial charge in [-0.25, -0.2) is 4.79 Å². The fourth-order valence-electron chi connectivity index (χ4n) is 5.10. The molecule has 24 heavy (non-hydrogen) atoms. The zero-order chi connectivity index (χ0) is 17.5. The molecular weight excluding hydrogens is 296 g/mol. The minimum atomic E-state index is -0.210. The molecule has 0 aromatic rings. The number of carbonyl (C=O) groups excluding carboxylic acids is 1. The Hall–Kier alpha value is -0.790. The average Bonchev–Trinajstić information content (AvgIpc) is 2.60. The highest BCUT2D eigenvalue weighted by molar-refractivity contribution is 5.87. The lowest BCUT2D eigenvalue weighted by Crippen LogP contribution is -2.32. The first-order chi connectivity index (χ1) is 11.5. The molecule has 0 amide bonds. The van der Waals surface area contributed by atoms with E-state index in [4.69, 9.17) is 4.74 Å². The third-order valence-electron chi connectivity index (χ3n) is 6.61. The van der Waals surface area contributed by atoms with Crippen molar-refractivity contribution in [3.8, 4) is 0 Å². The highest BCUT2D eigenvalue weighted by atomic mass is 16.5. The smallest absolute Gasteiger partial charge is 0.333 e. The van der Waals surface area contributed by atoms with Crippen molar-refractivity contribution in [1.82, 2.24) is 0 Å². The van der Waals surface area contributed by atoms with E-state index < -0.39 is 0 Å². The maximum absolute atomic E-state index is 11.8. The van der Waals surface area contributed by atoms with E-state index in [1.807, 2.05) is 0 Å². The van der Waals surface area contributed by atoms with Gasteiger partial charge in [0.1, 0.15) is 6.10 Å². The summed E-state index contributed by atoms with van der Waals surface area (Å²) in [5, 5.41) is 0. The number of ether oxygens (including phenoxy) is 1. The van der Waals surface area contributed by atoms with Crippen molar-refractivity contribution in [2.45, 2.75) is 97.5 Å². The quantitative estimate of drug-likeness (QED) is 0.403. The van der Waals surface area contributed by atoms with Crippen LogP contribution in [0.2, 0.25) is 0 Å². The molecule has 2 fully saturated rings. The van der Waals surface area contributed by atoms with E-state index in [-0.39, 0.29) is 12.1 Å². The summed E-state index contributed by atoms with van der Waals surface area (Å²) in [6, 6.07) is 0. The maximum atomic E-state index is 11.8. The molecule has 0 bridgehead atoms. The van der Waals surface area contributed by atoms with Crippen molar-refractivity contribution >= 4 is 5.97 Å². The molecule has 1 unspecified atom stereocenters. The standard InChI is InChI=1S/C22H38O2/c1-5-7-17-8-10-18(11-9-17)19-12-14-20(15-13-19)21(6-2)24-22(23)16(3)4/h17-21H,3,5-15H2,1-2,4H3. The summed E-state index contributed by atoms with van der Waals surface area (Å²) in [6.07, 6.45) is 14.8. The molecule has 0 aromatic heterocycles. The molecule has 0 saturated heterocycles. The lowest BCUT2D eigenvalue weighted by molar-refractivity contribution is -0.148. The van der Waals surface area contributed by atoms with Gasteiger partial charge in [0.2, 0.25) is 0 Å². The van der Waals surface area contributed by atoms with Crippen LogP contribution in [0.15, 0.2) is 12.2 Å². The number of esters is 1. The van der Waals surface area contributed by atoms with Gasteiger partial charge in [0.25, 0.3) is 0 Å². The fraction of sp³-hybridized carbons (Fsp3) is 0.864. The van der Waals surface area contributed by atoms with Crippen LogP contribution >= 0.6 is 0 Å². The van der Waals surface area contributed by atoms with Crippen LogP contribution in [0, 0.1) is 23.7 Å². The SMILES string of the molecule is C=C(C)C(=O)OC(CC)C1CCC(C2CCC(CCC)CC2)CC1. The molecule has 2 aliphatic rings. The van der Waals surface area contributed by atoms with E-state index in [2.05, 4.69) is 20.4 Å². The third kappa shape index (κ3) is 5.36. The van der Waals surface area contributed by atoms with Gasteiger partial charge in [0.15, 0.2) is 0 Å². The highest BCUT2D eigenvalue weighted by Gasteiger charge is 2.33. The fourth-order valence-corrected chi connectivity index (χ4v) is 5.10. The molecule has 138 valence electrons. The molecule has 2 heteroatoms. The molecule has 2 rings (SSSR count). The van der Waals surface area contributed by atoms with Gasteiger partial charge in [-0.15, -0.1) is 0 Å². The Balaban J connectivity index is 1.76. The van der Waals surface area contributed by atoms with Crippen LogP contribution in [-0.4, -0.2) is 12.1 Å².